The number of anilines is 1. The molecule has 1 heterocycles. The van der Waals surface area contributed by atoms with Crippen LogP contribution in [-0.2, 0) is 11.2 Å². The van der Waals surface area contributed by atoms with Crippen molar-refractivity contribution in [2.75, 3.05) is 11.1 Å². The number of carbonyl (C=O) groups is 1. The Labute approximate surface area is 149 Å². The van der Waals surface area contributed by atoms with Crippen LogP contribution in [0.1, 0.15) is 12.7 Å². The van der Waals surface area contributed by atoms with Gasteiger partial charge in [0.05, 0.1) is 22.0 Å². The molecule has 24 heavy (non-hydrogen) atoms. The first-order chi connectivity index (χ1) is 11.7. The van der Waals surface area contributed by atoms with Crippen LogP contribution < -0.4 is 5.32 Å². The molecule has 0 radical (unpaired) electrons. The van der Waals surface area contributed by atoms with Crippen molar-refractivity contribution in [3.63, 3.8) is 0 Å². The number of nitrogens with zero attached hydrogens (tertiary/aromatic N) is 2. The van der Waals surface area contributed by atoms with Crippen LogP contribution in [0.5, 0.6) is 0 Å². The van der Waals surface area contributed by atoms with Crippen molar-refractivity contribution in [3.05, 3.63) is 59.4 Å². The number of amides is 1. The van der Waals surface area contributed by atoms with E-state index in [-0.39, 0.29) is 11.7 Å². The molecule has 2 aromatic carbocycles. The lowest BCUT2D eigenvalue weighted by atomic mass is 10.2. The molecule has 1 N–H and O–H groups in total. The van der Waals surface area contributed by atoms with E-state index in [1.54, 1.807) is 12.1 Å². The van der Waals surface area contributed by atoms with Crippen molar-refractivity contribution in [2.45, 2.75) is 18.4 Å². The van der Waals surface area contributed by atoms with Gasteiger partial charge in [0.2, 0.25) is 5.91 Å². The number of thioether (sulfide) groups is 1. The third-order valence-electron chi connectivity index (χ3n) is 3.42. The van der Waals surface area contributed by atoms with Crippen LogP contribution in [0.15, 0.2) is 53.6 Å². The maximum absolute atomic E-state index is 12.2. The van der Waals surface area contributed by atoms with Crippen molar-refractivity contribution in [1.82, 2.24) is 9.97 Å². The highest BCUT2D eigenvalue weighted by atomic mass is 35.5. The summed E-state index contributed by atoms with van der Waals surface area (Å²) < 4.78 is 0. The molecule has 3 aromatic rings. The second-order valence-electron chi connectivity index (χ2n) is 5.13. The zero-order chi connectivity index (χ0) is 16.9. The summed E-state index contributed by atoms with van der Waals surface area (Å²) in [5.74, 6) is 0.923. The Bertz CT molecular complexity index is 885. The average Bonchev–Trinajstić information content (AvgIpc) is 2.61. The number of benzene rings is 2. The van der Waals surface area contributed by atoms with Crippen LogP contribution in [0.4, 0.5) is 5.69 Å². The Hall–Kier alpha value is -2.11. The van der Waals surface area contributed by atoms with E-state index in [2.05, 4.69) is 15.3 Å². The van der Waals surface area contributed by atoms with Gasteiger partial charge in [-0.2, -0.15) is 0 Å². The average molecular weight is 358 g/mol. The number of carbonyl (C=O) groups excluding carboxylic acids is 1. The van der Waals surface area contributed by atoms with Crippen molar-refractivity contribution in [2.24, 2.45) is 0 Å². The van der Waals surface area contributed by atoms with Gasteiger partial charge >= 0.3 is 0 Å². The Morgan fingerprint density at radius 2 is 1.88 bits per heavy atom. The van der Waals surface area contributed by atoms with Crippen LogP contribution in [0.3, 0.4) is 0 Å². The Morgan fingerprint density at radius 3 is 2.67 bits per heavy atom. The molecule has 3 rings (SSSR count). The lowest BCUT2D eigenvalue weighted by molar-refractivity contribution is -0.113. The van der Waals surface area contributed by atoms with Crippen LogP contribution in [0.2, 0.25) is 5.02 Å². The molecule has 1 aromatic heterocycles. The van der Waals surface area contributed by atoms with Crippen molar-refractivity contribution in [3.8, 4) is 0 Å². The van der Waals surface area contributed by atoms with Gasteiger partial charge < -0.3 is 5.32 Å². The van der Waals surface area contributed by atoms with Gasteiger partial charge in [-0.1, -0.05) is 60.6 Å². The maximum atomic E-state index is 12.2. The summed E-state index contributed by atoms with van der Waals surface area (Å²) in [6.07, 6.45) is 0.754. The van der Waals surface area contributed by atoms with E-state index >= 15 is 0 Å². The summed E-state index contributed by atoms with van der Waals surface area (Å²) in [5.41, 5.74) is 1.52. The fourth-order valence-corrected chi connectivity index (χ4v) is 3.27. The minimum atomic E-state index is -0.117. The molecule has 0 bridgehead atoms. The molecule has 0 saturated heterocycles. The van der Waals surface area contributed by atoms with Crippen LogP contribution >= 0.6 is 23.4 Å². The highest BCUT2D eigenvalue weighted by Gasteiger charge is 2.11. The van der Waals surface area contributed by atoms with Crippen molar-refractivity contribution < 1.29 is 4.79 Å². The molecule has 0 saturated carbocycles. The van der Waals surface area contributed by atoms with Gasteiger partial charge in [-0.15, -0.1) is 0 Å². The number of para-hydroxylation sites is 2. The zero-order valence-electron chi connectivity index (χ0n) is 13.1. The first-order valence-corrected chi connectivity index (χ1v) is 8.96. The predicted octanol–water partition coefficient (Wildman–Crippen LogP) is 4.58. The van der Waals surface area contributed by atoms with Gasteiger partial charge in [-0.3, -0.25) is 4.79 Å². The van der Waals surface area contributed by atoms with Crippen molar-refractivity contribution in [1.29, 1.82) is 0 Å². The fourth-order valence-electron chi connectivity index (χ4n) is 2.24. The van der Waals surface area contributed by atoms with Gasteiger partial charge in [0.15, 0.2) is 0 Å². The number of hydrogen-bond donors (Lipinski definition) is 1. The highest BCUT2D eigenvalue weighted by Crippen LogP contribution is 2.26. The normalized spacial score (nSPS) is 10.8. The lowest BCUT2D eigenvalue weighted by Gasteiger charge is -2.09. The summed E-state index contributed by atoms with van der Waals surface area (Å²) in [4.78, 5) is 21.3. The third-order valence-corrected chi connectivity index (χ3v) is 4.74. The third kappa shape index (κ3) is 3.86. The molecule has 0 spiro atoms. The van der Waals surface area contributed by atoms with E-state index in [9.17, 15) is 4.79 Å². The predicted molar refractivity (Wildman–Crippen MR) is 99.7 cm³/mol. The largest absolute Gasteiger partial charge is 0.324 e. The molecular weight excluding hydrogens is 342 g/mol. The molecule has 122 valence electrons. The summed E-state index contributed by atoms with van der Waals surface area (Å²) in [6.45, 7) is 2.02. The number of aromatic nitrogens is 2. The van der Waals surface area contributed by atoms with E-state index in [4.69, 9.17) is 11.6 Å². The van der Waals surface area contributed by atoms with E-state index in [1.165, 1.54) is 11.8 Å². The van der Waals surface area contributed by atoms with Gasteiger partial charge in [0.1, 0.15) is 10.9 Å². The number of hydrogen-bond acceptors (Lipinski definition) is 4. The van der Waals surface area contributed by atoms with Crippen molar-refractivity contribution >= 4 is 45.9 Å². The minimum Gasteiger partial charge on any atom is -0.324 e. The Morgan fingerprint density at radius 1 is 1.12 bits per heavy atom. The number of rotatable bonds is 5. The number of aryl methyl sites for hydroxylation is 1. The molecule has 0 aliphatic heterocycles. The number of fused-ring (bicyclic) bond motifs is 1. The van der Waals surface area contributed by atoms with E-state index in [1.807, 2.05) is 43.3 Å². The van der Waals surface area contributed by atoms with Crippen LogP contribution in [0.25, 0.3) is 10.9 Å². The fraction of sp³-hybridized carbons (Fsp3) is 0.167. The summed E-state index contributed by atoms with van der Waals surface area (Å²) >= 11 is 7.47. The SMILES string of the molecule is CCc1nc(SCC(=O)Nc2ccccc2Cl)c2ccccc2n1. The number of halogens is 1. The quantitative estimate of drug-likeness (QED) is 0.536. The maximum Gasteiger partial charge on any atom is 0.234 e. The van der Waals surface area contributed by atoms with E-state index in [0.29, 0.717) is 10.7 Å². The summed E-state index contributed by atoms with van der Waals surface area (Å²) in [5, 5.41) is 5.14. The molecule has 1 amide bonds. The van der Waals surface area contributed by atoms with Gasteiger partial charge in [0.25, 0.3) is 0 Å². The van der Waals surface area contributed by atoms with Gasteiger partial charge in [-0.05, 0) is 18.2 Å². The standard InChI is InChI=1S/C18H16ClN3OS/c1-2-16-20-14-9-5-3-7-12(14)18(22-16)24-11-17(23)21-15-10-6-4-8-13(15)19/h3-10H,2,11H2,1H3,(H,21,23). The second kappa shape index (κ2) is 7.64. The van der Waals surface area contributed by atoms with Crippen LogP contribution in [0, 0.1) is 0 Å². The number of nitrogens with one attached hydrogen (secondary N) is 1. The van der Waals surface area contributed by atoms with Gasteiger partial charge in [-0.25, -0.2) is 9.97 Å². The molecule has 0 aliphatic carbocycles. The zero-order valence-corrected chi connectivity index (χ0v) is 14.7. The molecular formula is C18H16ClN3OS. The van der Waals surface area contributed by atoms with Crippen LogP contribution in [-0.4, -0.2) is 21.6 Å². The Kier molecular flexibility index (Phi) is 5.33. The second-order valence-corrected chi connectivity index (χ2v) is 6.50. The smallest absolute Gasteiger partial charge is 0.234 e. The summed E-state index contributed by atoms with van der Waals surface area (Å²) in [6, 6.07) is 15.0. The molecule has 6 heteroatoms. The highest BCUT2D eigenvalue weighted by molar-refractivity contribution is 8.00. The van der Waals surface area contributed by atoms with E-state index in [0.717, 1.165) is 28.2 Å². The molecule has 0 aliphatic rings. The summed E-state index contributed by atoms with van der Waals surface area (Å²) in [7, 11) is 0. The molecule has 4 nitrogen and oxygen atoms in total. The lowest BCUT2D eigenvalue weighted by Crippen LogP contribution is -2.14. The first kappa shape index (κ1) is 16.7. The molecule has 0 atom stereocenters. The topological polar surface area (TPSA) is 54.9 Å². The monoisotopic (exact) mass is 357 g/mol. The molecule has 0 fully saturated rings. The Balaban J connectivity index is 1.75. The minimum absolute atomic E-state index is 0.117. The first-order valence-electron chi connectivity index (χ1n) is 7.60. The molecule has 0 unspecified atom stereocenters. The van der Waals surface area contributed by atoms with E-state index < -0.39 is 0 Å². The van der Waals surface area contributed by atoms with Gasteiger partial charge in [0, 0.05) is 11.8 Å².